The number of rotatable bonds is 7. The van der Waals surface area contributed by atoms with Crippen molar-refractivity contribution in [2.45, 2.75) is 26.1 Å². The summed E-state index contributed by atoms with van der Waals surface area (Å²) < 4.78 is 5.12. The summed E-state index contributed by atoms with van der Waals surface area (Å²) in [5.41, 5.74) is 1.95. The minimum Gasteiger partial charge on any atom is -0.497 e. The molecule has 2 aromatic carbocycles. The molecule has 1 amide bonds. The Morgan fingerprint density at radius 1 is 1.20 bits per heavy atom. The molecule has 0 saturated carbocycles. The van der Waals surface area contributed by atoms with E-state index in [4.69, 9.17) is 27.9 Å². The summed E-state index contributed by atoms with van der Waals surface area (Å²) in [7, 11) is 3.52. The smallest absolute Gasteiger partial charge is 0.237 e. The minimum absolute atomic E-state index is 0.0385. The van der Waals surface area contributed by atoms with Crippen molar-refractivity contribution in [3.63, 3.8) is 0 Å². The van der Waals surface area contributed by atoms with Gasteiger partial charge in [-0.05, 0) is 49.4 Å². The number of carbonyl (C=O) groups is 1. The van der Waals surface area contributed by atoms with E-state index in [0.29, 0.717) is 23.1 Å². The van der Waals surface area contributed by atoms with Crippen molar-refractivity contribution in [1.82, 2.24) is 10.2 Å². The Morgan fingerprint density at radius 3 is 2.48 bits per heavy atom. The summed E-state index contributed by atoms with van der Waals surface area (Å²) in [6.07, 6.45) is 0. The van der Waals surface area contributed by atoms with E-state index in [-0.39, 0.29) is 11.9 Å². The fourth-order valence-electron chi connectivity index (χ4n) is 2.34. The number of hydrogen-bond donors (Lipinski definition) is 1. The maximum Gasteiger partial charge on any atom is 0.237 e. The van der Waals surface area contributed by atoms with E-state index >= 15 is 0 Å². The molecular formula is C19H22Cl2N2O2. The lowest BCUT2D eigenvalue weighted by molar-refractivity contribution is -0.125. The molecule has 25 heavy (non-hydrogen) atoms. The van der Waals surface area contributed by atoms with Crippen LogP contribution in [0, 0.1) is 0 Å². The number of methoxy groups -OCH3 is 1. The molecule has 0 saturated heterocycles. The number of nitrogens with one attached hydrogen (secondary N) is 1. The fraction of sp³-hybridized carbons (Fsp3) is 0.316. The molecular weight excluding hydrogens is 359 g/mol. The van der Waals surface area contributed by atoms with Gasteiger partial charge < -0.3 is 10.1 Å². The van der Waals surface area contributed by atoms with Gasteiger partial charge in [0.2, 0.25) is 5.91 Å². The van der Waals surface area contributed by atoms with E-state index in [1.807, 2.05) is 49.2 Å². The minimum atomic E-state index is -0.287. The third-order valence-electron chi connectivity index (χ3n) is 4.10. The van der Waals surface area contributed by atoms with Gasteiger partial charge in [0.25, 0.3) is 0 Å². The summed E-state index contributed by atoms with van der Waals surface area (Å²) in [4.78, 5) is 14.3. The molecule has 0 unspecified atom stereocenters. The molecule has 0 fully saturated rings. The van der Waals surface area contributed by atoms with E-state index in [1.165, 1.54) is 0 Å². The van der Waals surface area contributed by atoms with Crippen LogP contribution in [0.25, 0.3) is 0 Å². The topological polar surface area (TPSA) is 41.6 Å². The lowest BCUT2D eigenvalue weighted by atomic mass is 10.1. The van der Waals surface area contributed by atoms with Crippen LogP contribution in [0.5, 0.6) is 5.75 Å². The molecule has 4 nitrogen and oxygen atoms in total. The van der Waals surface area contributed by atoms with Crippen LogP contribution in [0.15, 0.2) is 42.5 Å². The van der Waals surface area contributed by atoms with Gasteiger partial charge in [-0.15, -0.1) is 0 Å². The summed E-state index contributed by atoms with van der Waals surface area (Å²) in [5.74, 6) is 0.756. The quantitative estimate of drug-likeness (QED) is 0.784. The Hall–Kier alpha value is -1.75. The van der Waals surface area contributed by atoms with Crippen LogP contribution in [-0.2, 0) is 17.9 Å². The molecule has 0 aliphatic heterocycles. The zero-order chi connectivity index (χ0) is 18.4. The van der Waals surface area contributed by atoms with Crippen molar-refractivity contribution >= 4 is 29.1 Å². The highest BCUT2D eigenvalue weighted by Crippen LogP contribution is 2.22. The maximum absolute atomic E-state index is 12.4. The number of halogens is 2. The number of likely N-dealkylation sites (N-methyl/N-ethyl adjacent to an activating group) is 1. The maximum atomic E-state index is 12.4. The molecule has 1 N–H and O–H groups in total. The summed E-state index contributed by atoms with van der Waals surface area (Å²) >= 11 is 12.1. The first kappa shape index (κ1) is 19.6. The number of ether oxygens (including phenoxy) is 1. The first-order valence-corrected chi connectivity index (χ1v) is 8.71. The Morgan fingerprint density at radius 2 is 1.88 bits per heavy atom. The second kappa shape index (κ2) is 9.09. The first-order valence-electron chi connectivity index (χ1n) is 7.95. The number of nitrogens with zero attached hydrogens (tertiary/aromatic N) is 1. The first-order chi connectivity index (χ1) is 11.9. The second-order valence-corrected chi connectivity index (χ2v) is 6.74. The predicted molar refractivity (Wildman–Crippen MR) is 102 cm³/mol. The van der Waals surface area contributed by atoms with E-state index in [0.717, 1.165) is 16.9 Å². The van der Waals surface area contributed by atoms with Gasteiger partial charge in [0, 0.05) is 23.1 Å². The lowest BCUT2D eigenvalue weighted by Gasteiger charge is -2.24. The third kappa shape index (κ3) is 5.63. The molecule has 1 atom stereocenters. The molecule has 0 spiro atoms. The number of carbonyl (C=O) groups excluding carboxylic acids is 1. The zero-order valence-corrected chi connectivity index (χ0v) is 16.1. The monoisotopic (exact) mass is 380 g/mol. The van der Waals surface area contributed by atoms with Crippen LogP contribution in [0.1, 0.15) is 18.1 Å². The Bertz CT molecular complexity index is 720. The van der Waals surface area contributed by atoms with Crippen molar-refractivity contribution in [2.75, 3.05) is 14.2 Å². The fourth-order valence-corrected chi connectivity index (χ4v) is 2.80. The molecule has 134 valence electrons. The van der Waals surface area contributed by atoms with Crippen LogP contribution in [0.3, 0.4) is 0 Å². The molecule has 6 heteroatoms. The van der Waals surface area contributed by atoms with Gasteiger partial charge in [-0.2, -0.15) is 0 Å². The van der Waals surface area contributed by atoms with Crippen LogP contribution in [-0.4, -0.2) is 31.0 Å². The highest BCUT2D eigenvalue weighted by molar-refractivity contribution is 6.35. The zero-order valence-electron chi connectivity index (χ0n) is 14.6. The highest BCUT2D eigenvalue weighted by Gasteiger charge is 2.18. The van der Waals surface area contributed by atoms with Gasteiger partial charge in [-0.1, -0.05) is 41.4 Å². The summed E-state index contributed by atoms with van der Waals surface area (Å²) in [5, 5.41) is 4.15. The van der Waals surface area contributed by atoms with Gasteiger partial charge >= 0.3 is 0 Å². The SMILES string of the molecule is COc1ccc(CNC(=O)[C@@H](C)N(C)Cc2ccc(Cl)cc2Cl)cc1. The largest absolute Gasteiger partial charge is 0.497 e. The molecule has 0 aliphatic carbocycles. The Balaban J connectivity index is 1.89. The molecule has 0 bridgehead atoms. The highest BCUT2D eigenvalue weighted by atomic mass is 35.5. The molecule has 2 aromatic rings. The molecule has 0 aromatic heterocycles. The van der Waals surface area contributed by atoms with Crippen LogP contribution in [0.4, 0.5) is 0 Å². The van der Waals surface area contributed by atoms with E-state index in [2.05, 4.69) is 5.32 Å². The predicted octanol–water partition coefficient (Wildman–Crippen LogP) is 4.14. The van der Waals surface area contributed by atoms with Gasteiger partial charge in [-0.3, -0.25) is 9.69 Å². The molecule has 0 heterocycles. The van der Waals surface area contributed by atoms with E-state index in [1.54, 1.807) is 19.2 Å². The van der Waals surface area contributed by atoms with E-state index < -0.39 is 0 Å². The van der Waals surface area contributed by atoms with Gasteiger partial charge in [0.1, 0.15) is 5.75 Å². The summed E-state index contributed by atoms with van der Waals surface area (Å²) in [6, 6.07) is 12.7. The van der Waals surface area contributed by atoms with Crippen molar-refractivity contribution in [3.8, 4) is 5.75 Å². The average molecular weight is 381 g/mol. The summed E-state index contributed by atoms with van der Waals surface area (Å²) in [6.45, 7) is 2.91. The molecule has 0 aliphatic rings. The van der Waals surface area contributed by atoms with Crippen molar-refractivity contribution in [3.05, 3.63) is 63.6 Å². The number of amides is 1. The van der Waals surface area contributed by atoms with Crippen molar-refractivity contribution in [1.29, 1.82) is 0 Å². The van der Waals surface area contributed by atoms with E-state index in [9.17, 15) is 4.79 Å². The Kier molecular flexibility index (Phi) is 7.12. The Labute approximate surface area is 158 Å². The standard InChI is InChI=1S/C19H22Cl2N2O2/c1-13(23(2)12-15-6-7-16(20)10-18(15)21)19(24)22-11-14-4-8-17(25-3)9-5-14/h4-10,13H,11-12H2,1-3H3,(H,22,24)/t13-/m1/s1. The van der Waals surface area contributed by atoms with Crippen LogP contribution >= 0.6 is 23.2 Å². The number of hydrogen-bond acceptors (Lipinski definition) is 3. The van der Waals surface area contributed by atoms with Crippen molar-refractivity contribution in [2.24, 2.45) is 0 Å². The van der Waals surface area contributed by atoms with Gasteiger partial charge in [0.05, 0.1) is 13.2 Å². The second-order valence-electron chi connectivity index (χ2n) is 5.89. The van der Waals surface area contributed by atoms with Gasteiger partial charge in [-0.25, -0.2) is 0 Å². The molecule has 2 rings (SSSR count). The third-order valence-corrected chi connectivity index (χ3v) is 4.69. The van der Waals surface area contributed by atoms with Gasteiger partial charge in [0.15, 0.2) is 0 Å². The lowest BCUT2D eigenvalue weighted by Crippen LogP contribution is -2.42. The average Bonchev–Trinajstić information content (AvgIpc) is 2.61. The van der Waals surface area contributed by atoms with Crippen LogP contribution in [0.2, 0.25) is 10.0 Å². The normalized spacial score (nSPS) is 12.1. The van der Waals surface area contributed by atoms with Crippen molar-refractivity contribution < 1.29 is 9.53 Å². The van der Waals surface area contributed by atoms with Crippen LogP contribution < -0.4 is 10.1 Å². The number of benzene rings is 2. The molecule has 0 radical (unpaired) electrons.